The fourth-order valence-electron chi connectivity index (χ4n) is 2.99. The number of phenols is 1. The fraction of sp³-hybridized carbons (Fsp3) is 0.190. The maximum Gasteiger partial charge on any atom is 0.357 e. The molecule has 2 aromatic carbocycles. The number of ether oxygens (including phenoxy) is 4. The summed E-state index contributed by atoms with van der Waals surface area (Å²) in [5.41, 5.74) is 0.830. The van der Waals surface area contributed by atoms with Crippen molar-refractivity contribution >= 4 is 11.9 Å². The highest BCUT2D eigenvalue weighted by atomic mass is 16.5. The fourth-order valence-corrected chi connectivity index (χ4v) is 2.99. The summed E-state index contributed by atoms with van der Waals surface area (Å²) in [6, 6.07) is 11.7. The van der Waals surface area contributed by atoms with Gasteiger partial charge in [0, 0.05) is 5.56 Å². The number of methoxy groups -OCH3 is 4. The van der Waals surface area contributed by atoms with Gasteiger partial charge in [-0.2, -0.15) is 5.10 Å². The van der Waals surface area contributed by atoms with Crippen molar-refractivity contribution in [3.63, 3.8) is 0 Å². The number of hydrogen-bond acceptors (Lipinski definition) is 8. The van der Waals surface area contributed by atoms with Crippen LogP contribution in [0.4, 0.5) is 0 Å². The van der Waals surface area contributed by atoms with Crippen LogP contribution in [0.2, 0.25) is 0 Å². The molecule has 0 aliphatic carbocycles. The Morgan fingerprint density at radius 2 is 1.47 bits per heavy atom. The van der Waals surface area contributed by atoms with E-state index in [1.165, 1.54) is 45.3 Å². The van der Waals surface area contributed by atoms with E-state index < -0.39 is 11.9 Å². The first kappa shape index (κ1) is 20.7. The Morgan fingerprint density at radius 1 is 0.900 bits per heavy atom. The third kappa shape index (κ3) is 3.52. The Kier molecular flexibility index (Phi) is 5.91. The lowest BCUT2D eigenvalue weighted by Gasteiger charge is -2.11. The molecule has 9 nitrogen and oxygen atoms in total. The van der Waals surface area contributed by atoms with E-state index in [0.717, 1.165) is 0 Å². The SMILES string of the molecule is COC(=O)c1c(-c2cc(OC)c(O)c(OC)c2)nn(-c2ccccc2)c1C(=O)OC. The van der Waals surface area contributed by atoms with E-state index in [4.69, 9.17) is 18.9 Å². The molecule has 0 saturated carbocycles. The van der Waals surface area contributed by atoms with Gasteiger partial charge in [-0.25, -0.2) is 14.3 Å². The van der Waals surface area contributed by atoms with Gasteiger partial charge in [-0.3, -0.25) is 0 Å². The van der Waals surface area contributed by atoms with Crippen LogP contribution in [0.1, 0.15) is 20.8 Å². The van der Waals surface area contributed by atoms with Crippen LogP contribution in [0, 0.1) is 0 Å². The average Bonchev–Trinajstić information content (AvgIpc) is 3.19. The maximum absolute atomic E-state index is 12.7. The van der Waals surface area contributed by atoms with Crippen molar-refractivity contribution in [2.24, 2.45) is 0 Å². The number of phenolic OH excluding ortho intramolecular Hbond substituents is 1. The molecule has 156 valence electrons. The van der Waals surface area contributed by atoms with E-state index in [0.29, 0.717) is 11.3 Å². The zero-order valence-corrected chi connectivity index (χ0v) is 16.8. The summed E-state index contributed by atoms with van der Waals surface area (Å²) < 4.78 is 21.5. The molecule has 30 heavy (non-hydrogen) atoms. The van der Waals surface area contributed by atoms with Gasteiger partial charge >= 0.3 is 11.9 Å². The molecule has 3 aromatic rings. The number of aromatic nitrogens is 2. The quantitative estimate of drug-likeness (QED) is 0.616. The largest absolute Gasteiger partial charge is 0.502 e. The molecule has 0 amide bonds. The van der Waals surface area contributed by atoms with Crippen molar-refractivity contribution in [2.75, 3.05) is 28.4 Å². The Morgan fingerprint density at radius 3 is 1.97 bits per heavy atom. The number of benzene rings is 2. The van der Waals surface area contributed by atoms with Gasteiger partial charge in [0.2, 0.25) is 5.75 Å². The third-order valence-corrected chi connectivity index (χ3v) is 4.41. The number of nitrogens with zero attached hydrogens (tertiary/aromatic N) is 2. The summed E-state index contributed by atoms with van der Waals surface area (Å²) in [6.45, 7) is 0. The lowest BCUT2D eigenvalue weighted by atomic mass is 10.0. The van der Waals surface area contributed by atoms with Crippen LogP contribution in [0.15, 0.2) is 42.5 Å². The number of aromatic hydroxyl groups is 1. The van der Waals surface area contributed by atoms with Crippen molar-refractivity contribution in [3.05, 3.63) is 53.7 Å². The molecule has 1 N–H and O–H groups in total. The second-order valence-corrected chi connectivity index (χ2v) is 6.03. The van der Waals surface area contributed by atoms with Crippen molar-refractivity contribution in [2.45, 2.75) is 0 Å². The zero-order chi connectivity index (χ0) is 21.8. The molecular formula is C21H20N2O7. The van der Waals surface area contributed by atoms with Crippen LogP contribution in [0.5, 0.6) is 17.2 Å². The summed E-state index contributed by atoms with van der Waals surface area (Å²) in [7, 11) is 5.16. The van der Waals surface area contributed by atoms with Gasteiger partial charge in [0.25, 0.3) is 0 Å². The highest BCUT2D eigenvalue weighted by Gasteiger charge is 2.32. The minimum atomic E-state index is -0.779. The van der Waals surface area contributed by atoms with Gasteiger partial charge in [-0.1, -0.05) is 18.2 Å². The molecule has 0 saturated heterocycles. The normalized spacial score (nSPS) is 10.4. The molecule has 0 bridgehead atoms. The topological polar surface area (TPSA) is 109 Å². The number of carbonyl (C=O) groups excluding carboxylic acids is 2. The highest BCUT2D eigenvalue weighted by Crippen LogP contribution is 2.41. The molecule has 0 unspecified atom stereocenters. The average molecular weight is 412 g/mol. The van der Waals surface area contributed by atoms with Crippen LogP contribution >= 0.6 is 0 Å². The number of hydrogen-bond donors (Lipinski definition) is 1. The van der Waals surface area contributed by atoms with Crippen LogP contribution in [0.3, 0.4) is 0 Å². The van der Waals surface area contributed by atoms with Crippen LogP contribution in [-0.4, -0.2) is 55.3 Å². The van der Waals surface area contributed by atoms with E-state index in [9.17, 15) is 14.7 Å². The molecule has 0 aliphatic rings. The lowest BCUT2D eigenvalue weighted by molar-refractivity contribution is 0.0549. The molecule has 0 atom stereocenters. The van der Waals surface area contributed by atoms with Crippen molar-refractivity contribution < 1.29 is 33.6 Å². The van der Waals surface area contributed by atoms with Gasteiger partial charge in [0.1, 0.15) is 11.3 Å². The number of esters is 2. The van der Waals surface area contributed by atoms with Gasteiger partial charge in [0.15, 0.2) is 17.2 Å². The predicted molar refractivity (Wildman–Crippen MR) is 106 cm³/mol. The first-order chi connectivity index (χ1) is 14.5. The lowest BCUT2D eigenvalue weighted by Crippen LogP contribution is -2.15. The Labute approximate surface area is 172 Å². The molecule has 0 spiro atoms. The summed E-state index contributed by atoms with van der Waals surface area (Å²) in [5.74, 6) is -1.54. The minimum absolute atomic E-state index is 0.0944. The standard InChI is InChI=1S/C21H20N2O7/c1-27-14-10-12(11-15(28-2)19(14)24)17-16(20(25)29-3)18(21(26)30-4)23(22-17)13-8-6-5-7-9-13/h5-11,24H,1-4H3. The second kappa shape index (κ2) is 8.56. The van der Waals surface area contributed by atoms with Gasteiger partial charge in [-0.05, 0) is 24.3 Å². The molecule has 1 aromatic heterocycles. The molecule has 0 radical (unpaired) electrons. The number of para-hydroxylation sites is 1. The van der Waals surface area contributed by atoms with Gasteiger partial charge in [-0.15, -0.1) is 0 Å². The molecule has 1 heterocycles. The van der Waals surface area contributed by atoms with Crippen molar-refractivity contribution in [3.8, 4) is 34.2 Å². The van der Waals surface area contributed by atoms with E-state index >= 15 is 0 Å². The molecule has 0 fully saturated rings. The zero-order valence-electron chi connectivity index (χ0n) is 16.8. The first-order valence-corrected chi connectivity index (χ1v) is 8.77. The molecular weight excluding hydrogens is 392 g/mol. The van der Waals surface area contributed by atoms with Crippen LogP contribution in [-0.2, 0) is 9.47 Å². The summed E-state index contributed by atoms with van der Waals surface area (Å²) in [5, 5.41) is 14.7. The van der Waals surface area contributed by atoms with Crippen molar-refractivity contribution in [1.82, 2.24) is 9.78 Å². The van der Waals surface area contributed by atoms with E-state index in [2.05, 4.69) is 5.10 Å². The second-order valence-electron chi connectivity index (χ2n) is 6.03. The smallest absolute Gasteiger partial charge is 0.357 e. The van der Waals surface area contributed by atoms with E-state index in [1.807, 2.05) is 6.07 Å². The Balaban J connectivity index is 2.39. The Bertz CT molecular complexity index is 1070. The minimum Gasteiger partial charge on any atom is -0.502 e. The van der Waals surface area contributed by atoms with Gasteiger partial charge in [0.05, 0.1) is 34.1 Å². The van der Waals surface area contributed by atoms with Crippen LogP contribution < -0.4 is 9.47 Å². The van der Waals surface area contributed by atoms with Gasteiger partial charge < -0.3 is 24.1 Å². The number of carbonyl (C=O) groups is 2. The third-order valence-electron chi connectivity index (χ3n) is 4.41. The molecule has 0 aliphatic heterocycles. The predicted octanol–water partition coefficient (Wildman–Crippen LogP) is 2.84. The highest BCUT2D eigenvalue weighted by molar-refractivity contribution is 6.07. The van der Waals surface area contributed by atoms with Crippen LogP contribution in [0.25, 0.3) is 16.9 Å². The summed E-state index contributed by atoms with van der Waals surface area (Å²) in [6.07, 6.45) is 0. The van der Waals surface area contributed by atoms with E-state index in [1.54, 1.807) is 24.3 Å². The van der Waals surface area contributed by atoms with Crippen molar-refractivity contribution in [1.29, 1.82) is 0 Å². The maximum atomic E-state index is 12.7. The summed E-state index contributed by atoms with van der Waals surface area (Å²) in [4.78, 5) is 25.3. The molecule has 3 rings (SSSR count). The summed E-state index contributed by atoms with van der Waals surface area (Å²) >= 11 is 0. The number of rotatable bonds is 6. The Hall–Kier alpha value is -4.01. The monoisotopic (exact) mass is 412 g/mol. The van der Waals surface area contributed by atoms with E-state index in [-0.39, 0.29) is 34.2 Å². The first-order valence-electron chi connectivity index (χ1n) is 8.77. The molecule has 9 heteroatoms.